The Labute approximate surface area is 127 Å². The van der Waals surface area contributed by atoms with Gasteiger partial charge in [0.25, 0.3) is 11.6 Å². The second-order valence-electron chi connectivity index (χ2n) is 5.26. The van der Waals surface area contributed by atoms with Crippen molar-refractivity contribution < 1.29 is 14.8 Å². The molecule has 1 aliphatic rings. The highest BCUT2D eigenvalue weighted by Gasteiger charge is 2.31. The molecule has 0 radical (unpaired) electrons. The molecule has 0 aromatic heterocycles. The number of amides is 1. The van der Waals surface area contributed by atoms with Crippen LogP contribution >= 0.6 is 11.8 Å². The molecular formula is C14H18N2O4S. The van der Waals surface area contributed by atoms with Crippen molar-refractivity contribution in [3.8, 4) is 0 Å². The SMILES string of the molecule is CSc1ccc(C(=O)NCC2(O)CCCC2)cc1[N+](=O)[O-]. The van der Waals surface area contributed by atoms with Gasteiger partial charge in [-0.3, -0.25) is 14.9 Å². The minimum Gasteiger partial charge on any atom is -0.388 e. The van der Waals surface area contributed by atoms with Crippen LogP contribution in [0.3, 0.4) is 0 Å². The first-order valence-corrected chi connectivity index (χ1v) is 8.01. The molecule has 0 spiro atoms. The average molecular weight is 310 g/mol. The Bertz CT molecular complexity index is 556. The van der Waals surface area contributed by atoms with E-state index < -0.39 is 16.4 Å². The lowest BCUT2D eigenvalue weighted by Crippen LogP contribution is -2.40. The molecule has 1 fully saturated rings. The third-order valence-corrected chi connectivity index (χ3v) is 4.54. The molecule has 1 saturated carbocycles. The lowest BCUT2D eigenvalue weighted by Gasteiger charge is -2.22. The van der Waals surface area contributed by atoms with Gasteiger partial charge in [-0.15, -0.1) is 11.8 Å². The zero-order valence-electron chi connectivity index (χ0n) is 11.8. The molecule has 0 saturated heterocycles. The number of benzene rings is 1. The molecular weight excluding hydrogens is 292 g/mol. The number of nitrogens with zero attached hydrogens (tertiary/aromatic N) is 1. The fraction of sp³-hybridized carbons (Fsp3) is 0.500. The summed E-state index contributed by atoms with van der Waals surface area (Å²) in [6.07, 6.45) is 5.02. The highest BCUT2D eigenvalue weighted by molar-refractivity contribution is 7.98. The standard InChI is InChI=1S/C14H18N2O4S/c1-21-12-5-4-10(8-11(12)16(19)20)13(17)15-9-14(18)6-2-3-7-14/h4-5,8,18H,2-3,6-7,9H2,1H3,(H,15,17). The van der Waals surface area contributed by atoms with Crippen LogP contribution in [0.2, 0.25) is 0 Å². The maximum atomic E-state index is 12.1. The summed E-state index contributed by atoms with van der Waals surface area (Å²) >= 11 is 1.26. The van der Waals surface area contributed by atoms with Crippen molar-refractivity contribution in [2.75, 3.05) is 12.8 Å². The second-order valence-corrected chi connectivity index (χ2v) is 6.11. The van der Waals surface area contributed by atoms with E-state index in [0.717, 1.165) is 12.8 Å². The van der Waals surface area contributed by atoms with Crippen LogP contribution in [-0.2, 0) is 0 Å². The molecule has 114 valence electrons. The van der Waals surface area contributed by atoms with E-state index in [-0.39, 0.29) is 17.8 Å². The van der Waals surface area contributed by atoms with Gasteiger partial charge in [0.1, 0.15) is 0 Å². The van der Waals surface area contributed by atoms with Gasteiger partial charge in [0.05, 0.1) is 15.4 Å². The van der Waals surface area contributed by atoms with Crippen molar-refractivity contribution >= 4 is 23.4 Å². The van der Waals surface area contributed by atoms with Crippen molar-refractivity contribution in [1.82, 2.24) is 5.32 Å². The Hall–Kier alpha value is -1.60. The third-order valence-electron chi connectivity index (χ3n) is 3.75. The van der Waals surface area contributed by atoms with Gasteiger partial charge >= 0.3 is 0 Å². The summed E-state index contributed by atoms with van der Waals surface area (Å²) < 4.78 is 0. The van der Waals surface area contributed by atoms with Gasteiger partial charge in [0.15, 0.2) is 0 Å². The minimum absolute atomic E-state index is 0.0743. The fourth-order valence-corrected chi connectivity index (χ4v) is 3.08. The number of rotatable bonds is 5. The van der Waals surface area contributed by atoms with Gasteiger partial charge in [-0.1, -0.05) is 12.8 Å². The van der Waals surface area contributed by atoms with Crippen LogP contribution in [0.5, 0.6) is 0 Å². The number of hydrogen-bond donors (Lipinski definition) is 2. The summed E-state index contributed by atoms with van der Waals surface area (Å²) in [7, 11) is 0. The summed E-state index contributed by atoms with van der Waals surface area (Å²) in [5.41, 5.74) is -0.670. The molecule has 6 nitrogen and oxygen atoms in total. The molecule has 21 heavy (non-hydrogen) atoms. The van der Waals surface area contributed by atoms with Crippen molar-refractivity contribution in [3.63, 3.8) is 0 Å². The number of aliphatic hydroxyl groups is 1. The molecule has 1 aromatic rings. The number of hydrogen-bond acceptors (Lipinski definition) is 5. The Kier molecular flexibility index (Phi) is 4.84. The minimum atomic E-state index is -0.833. The molecule has 1 aromatic carbocycles. The van der Waals surface area contributed by atoms with Crippen molar-refractivity contribution in [3.05, 3.63) is 33.9 Å². The van der Waals surface area contributed by atoms with E-state index in [1.807, 2.05) is 0 Å². The topological polar surface area (TPSA) is 92.5 Å². The smallest absolute Gasteiger partial charge is 0.283 e. The first-order valence-electron chi connectivity index (χ1n) is 6.78. The molecule has 7 heteroatoms. The number of carbonyl (C=O) groups is 1. The van der Waals surface area contributed by atoms with Crippen molar-refractivity contribution in [1.29, 1.82) is 0 Å². The van der Waals surface area contributed by atoms with Gasteiger partial charge < -0.3 is 10.4 Å². The summed E-state index contributed by atoms with van der Waals surface area (Å²) in [5, 5.41) is 23.8. The normalized spacial score (nSPS) is 16.7. The van der Waals surface area contributed by atoms with E-state index >= 15 is 0 Å². The summed E-state index contributed by atoms with van der Waals surface area (Å²) in [5.74, 6) is -0.397. The third kappa shape index (κ3) is 3.74. The number of carbonyl (C=O) groups excluding carboxylic acids is 1. The Morgan fingerprint density at radius 2 is 2.14 bits per heavy atom. The summed E-state index contributed by atoms with van der Waals surface area (Å²) in [4.78, 5) is 23.1. The van der Waals surface area contributed by atoms with Crippen LogP contribution in [0.25, 0.3) is 0 Å². The van der Waals surface area contributed by atoms with E-state index in [1.54, 1.807) is 18.4 Å². The molecule has 2 N–H and O–H groups in total. The van der Waals surface area contributed by atoms with Gasteiger partial charge in [0, 0.05) is 18.2 Å². The lowest BCUT2D eigenvalue weighted by atomic mass is 10.0. The zero-order chi connectivity index (χ0) is 15.5. The molecule has 0 heterocycles. The lowest BCUT2D eigenvalue weighted by molar-refractivity contribution is -0.387. The highest BCUT2D eigenvalue weighted by atomic mass is 32.2. The van der Waals surface area contributed by atoms with Crippen LogP contribution in [-0.4, -0.2) is 34.3 Å². The predicted molar refractivity (Wildman–Crippen MR) is 80.6 cm³/mol. The van der Waals surface area contributed by atoms with Crippen molar-refractivity contribution in [2.24, 2.45) is 0 Å². The average Bonchev–Trinajstić information content (AvgIpc) is 2.91. The van der Waals surface area contributed by atoms with Gasteiger partial charge in [0.2, 0.25) is 0 Å². The molecule has 0 aliphatic heterocycles. The number of nitrogens with one attached hydrogen (secondary N) is 1. The number of thioether (sulfide) groups is 1. The highest BCUT2D eigenvalue weighted by Crippen LogP contribution is 2.30. The second kappa shape index (κ2) is 6.44. The molecule has 1 aliphatic carbocycles. The Morgan fingerprint density at radius 1 is 1.48 bits per heavy atom. The Balaban J connectivity index is 2.08. The summed E-state index contributed by atoms with van der Waals surface area (Å²) in [6, 6.07) is 4.41. The van der Waals surface area contributed by atoms with Crippen LogP contribution in [0.15, 0.2) is 23.1 Å². The molecule has 0 unspecified atom stereocenters. The predicted octanol–water partition coefficient (Wildman–Crippen LogP) is 2.35. The zero-order valence-corrected chi connectivity index (χ0v) is 12.6. The van der Waals surface area contributed by atoms with E-state index in [0.29, 0.717) is 17.7 Å². The fourth-order valence-electron chi connectivity index (χ4n) is 2.53. The maximum Gasteiger partial charge on any atom is 0.283 e. The van der Waals surface area contributed by atoms with Crippen LogP contribution < -0.4 is 5.32 Å². The Morgan fingerprint density at radius 3 is 2.71 bits per heavy atom. The first kappa shape index (κ1) is 15.8. The van der Waals surface area contributed by atoms with E-state index in [1.165, 1.54) is 17.8 Å². The van der Waals surface area contributed by atoms with Crippen LogP contribution in [0, 0.1) is 10.1 Å². The first-order chi connectivity index (χ1) is 9.95. The van der Waals surface area contributed by atoms with Crippen LogP contribution in [0.1, 0.15) is 36.0 Å². The number of nitro benzene ring substituents is 1. The van der Waals surface area contributed by atoms with Gasteiger partial charge in [-0.05, 0) is 31.2 Å². The quantitative estimate of drug-likeness (QED) is 0.495. The van der Waals surface area contributed by atoms with Crippen molar-refractivity contribution in [2.45, 2.75) is 36.2 Å². The van der Waals surface area contributed by atoms with E-state index in [2.05, 4.69) is 5.32 Å². The van der Waals surface area contributed by atoms with E-state index in [9.17, 15) is 20.0 Å². The largest absolute Gasteiger partial charge is 0.388 e. The molecule has 2 rings (SSSR count). The van der Waals surface area contributed by atoms with Gasteiger partial charge in [-0.2, -0.15) is 0 Å². The molecule has 1 amide bonds. The van der Waals surface area contributed by atoms with Gasteiger partial charge in [-0.25, -0.2) is 0 Å². The number of nitro groups is 1. The van der Waals surface area contributed by atoms with E-state index in [4.69, 9.17) is 0 Å². The summed E-state index contributed by atoms with van der Waals surface area (Å²) in [6.45, 7) is 0.184. The molecule has 0 bridgehead atoms. The van der Waals surface area contributed by atoms with Crippen LogP contribution in [0.4, 0.5) is 5.69 Å². The monoisotopic (exact) mass is 310 g/mol. The molecule has 0 atom stereocenters. The maximum absolute atomic E-state index is 12.1.